The molecule has 0 aliphatic heterocycles. The number of nitrogens with one attached hydrogen (secondary N) is 2. The molecule has 1 heterocycles. The van der Waals surface area contributed by atoms with E-state index in [1.807, 2.05) is 54.6 Å². The molecule has 0 unspecified atom stereocenters. The smallest absolute Gasteiger partial charge is 0.223 e. The van der Waals surface area contributed by atoms with Gasteiger partial charge in [-0.15, -0.1) is 0 Å². The van der Waals surface area contributed by atoms with Crippen LogP contribution in [0.25, 0.3) is 0 Å². The molecule has 5 nitrogen and oxygen atoms in total. The first kappa shape index (κ1) is 14.2. The first-order chi connectivity index (χ1) is 10.7. The van der Waals surface area contributed by atoms with Gasteiger partial charge in [-0.05, 0) is 30.3 Å². The number of aromatic nitrogens is 2. The van der Waals surface area contributed by atoms with Crippen LogP contribution < -0.4 is 16.4 Å². The van der Waals surface area contributed by atoms with Gasteiger partial charge in [0.2, 0.25) is 5.95 Å². The second-order valence-corrected chi connectivity index (χ2v) is 5.02. The first-order valence-corrected chi connectivity index (χ1v) is 7.06. The van der Waals surface area contributed by atoms with Crippen LogP contribution in [0.3, 0.4) is 0 Å². The van der Waals surface area contributed by atoms with Crippen LogP contribution in [0.1, 0.15) is 0 Å². The quantitative estimate of drug-likeness (QED) is 0.630. The van der Waals surface area contributed by atoms with Crippen LogP contribution in [0.2, 0.25) is 5.15 Å². The van der Waals surface area contributed by atoms with Crippen LogP contribution >= 0.6 is 11.6 Å². The van der Waals surface area contributed by atoms with Crippen molar-refractivity contribution in [1.82, 2.24) is 9.97 Å². The summed E-state index contributed by atoms with van der Waals surface area (Å²) in [5.41, 5.74) is 8.44. The summed E-state index contributed by atoms with van der Waals surface area (Å²) >= 11 is 5.87. The highest BCUT2D eigenvalue weighted by Gasteiger charge is 2.02. The second kappa shape index (κ2) is 6.32. The van der Waals surface area contributed by atoms with Gasteiger partial charge in [0.15, 0.2) is 0 Å². The van der Waals surface area contributed by atoms with Gasteiger partial charge in [-0.25, -0.2) is 4.98 Å². The van der Waals surface area contributed by atoms with Crippen LogP contribution in [0.5, 0.6) is 0 Å². The highest BCUT2D eigenvalue weighted by molar-refractivity contribution is 6.29. The number of nitrogen functional groups attached to an aromatic ring is 1. The molecule has 3 aromatic rings. The Bertz CT molecular complexity index is 756. The zero-order valence-corrected chi connectivity index (χ0v) is 12.4. The normalized spacial score (nSPS) is 10.2. The van der Waals surface area contributed by atoms with E-state index in [0.29, 0.717) is 11.0 Å². The Morgan fingerprint density at radius 3 is 2.18 bits per heavy atom. The molecule has 0 spiro atoms. The van der Waals surface area contributed by atoms with Crippen molar-refractivity contribution in [2.75, 3.05) is 16.4 Å². The fraction of sp³-hybridized carbons (Fsp3) is 0. The number of anilines is 5. The monoisotopic (exact) mass is 311 g/mol. The van der Waals surface area contributed by atoms with Crippen LogP contribution in [0.4, 0.5) is 28.8 Å². The van der Waals surface area contributed by atoms with Crippen molar-refractivity contribution in [1.29, 1.82) is 0 Å². The number of nitrogens with zero attached hydrogens (tertiary/aromatic N) is 2. The minimum absolute atomic E-state index is 0.133. The molecule has 0 radical (unpaired) electrons. The van der Waals surface area contributed by atoms with Crippen LogP contribution in [-0.2, 0) is 0 Å². The molecule has 4 N–H and O–H groups in total. The molecule has 6 heteroatoms. The third-order valence-corrected chi connectivity index (χ3v) is 3.10. The molecule has 0 aliphatic carbocycles. The molecule has 110 valence electrons. The van der Waals surface area contributed by atoms with E-state index in [1.165, 1.54) is 0 Å². The van der Waals surface area contributed by atoms with E-state index < -0.39 is 0 Å². The molecule has 0 amide bonds. The number of para-hydroxylation sites is 1. The van der Waals surface area contributed by atoms with Crippen molar-refractivity contribution in [2.45, 2.75) is 0 Å². The van der Waals surface area contributed by atoms with Gasteiger partial charge in [0.25, 0.3) is 0 Å². The predicted molar refractivity (Wildman–Crippen MR) is 90.9 cm³/mol. The maximum Gasteiger partial charge on any atom is 0.223 e. The maximum atomic E-state index is 5.87. The highest BCUT2D eigenvalue weighted by Crippen LogP contribution is 2.23. The minimum Gasteiger partial charge on any atom is -0.368 e. The maximum absolute atomic E-state index is 5.87. The standard InChI is InChI=1S/C16H14ClN5/c17-14-10-15(22-16(18)21-14)20-13-8-4-7-12(9-13)19-11-5-2-1-3-6-11/h1-10,19H,(H3,18,20,21,22). The third kappa shape index (κ3) is 3.65. The molecule has 1 aromatic heterocycles. The van der Waals surface area contributed by atoms with Gasteiger partial charge in [-0.2, -0.15) is 4.98 Å². The van der Waals surface area contributed by atoms with Crippen LogP contribution in [0.15, 0.2) is 60.7 Å². The van der Waals surface area contributed by atoms with Crippen molar-refractivity contribution < 1.29 is 0 Å². The Morgan fingerprint density at radius 2 is 1.45 bits per heavy atom. The van der Waals surface area contributed by atoms with E-state index >= 15 is 0 Å². The van der Waals surface area contributed by atoms with Crippen molar-refractivity contribution >= 4 is 40.4 Å². The van der Waals surface area contributed by atoms with E-state index in [0.717, 1.165) is 17.1 Å². The molecule has 0 saturated carbocycles. The Morgan fingerprint density at radius 1 is 0.773 bits per heavy atom. The fourth-order valence-electron chi connectivity index (χ4n) is 2.01. The summed E-state index contributed by atoms with van der Waals surface area (Å²) < 4.78 is 0. The van der Waals surface area contributed by atoms with Gasteiger partial charge in [0.05, 0.1) is 0 Å². The Hall–Kier alpha value is -2.79. The molecule has 2 aromatic carbocycles. The Kier molecular flexibility index (Phi) is 4.07. The molecule has 22 heavy (non-hydrogen) atoms. The lowest BCUT2D eigenvalue weighted by Gasteiger charge is -2.10. The zero-order chi connectivity index (χ0) is 15.4. The summed E-state index contributed by atoms with van der Waals surface area (Å²) in [5, 5.41) is 6.79. The van der Waals surface area contributed by atoms with E-state index in [1.54, 1.807) is 6.07 Å². The zero-order valence-electron chi connectivity index (χ0n) is 11.6. The summed E-state index contributed by atoms with van der Waals surface area (Å²) in [4.78, 5) is 7.92. The van der Waals surface area contributed by atoms with Crippen molar-refractivity contribution in [3.8, 4) is 0 Å². The number of halogens is 1. The van der Waals surface area contributed by atoms with Crippen LogP contribution in [0, 0.1) is 0 Å². The molecule has 0 aliphatic rings. The van der Waals surface area contributed by atoms with Gasteiger partial charge >= 0.3 is 0 Å². The molecular weight excluding hydrogens is 298 g/mol. The predicted octanol–water partition coefficient (Wildman–Crippen LogP) is 4.20. The Labute approximate surface area is 133 Å². The molecule has 0 saturated heterocycles. The fourth-order valence-corrected chi connectivity index (χ4v) is 2.20. The number of nitrogens with two attached hydrogens (primary N) is 1. The average molecular weight is 312 g/mol. The van der Waals surface area contributed by atoms with Gasteiger partial charge < -0.3 is 16.4 Å². The lowest BCUT2D eigenvalue weighted by atomic mass is 10.2. The van der Waals surface area contributed by atoms with Gasteiger partial charge in [-0.1, -0.05) is 35.9 Å². The largest absolute Gasteiger partial charge is 0.368 e. The van der Waals surface area contributed by atoms with Crippen molar-refractivity contribution in [3.05, 3.63) is 65.8 Å². The lowest BCUT2D eigenvalue weighted by molar-refractivity contribution is 1.18. The highest BCUT2D eigenvalue weighted by atomic mass is 35.5. The summed E-state index contributed by atoms with van der Waals surface area (Å²) in [6.45, 7) is 0. The Balaban J connectivity index is 1.79. The molecule has 0 bridgehead atoms. The second-order valence-electron chi connectivity index (χ2n) is 4.63. The van der Waals surface area contributed by atoms with Crippen molar-refractivity contribution in [2.24, 2.45) is 0 Å². The molecule has 3 rings (SSSR count). The summed E-state index contributed by atoms with van der Waals surface area (Å²) in [6.07, 6.45) is 0. The average Bonchev–Trinajstić information content (AvgIpc) is 2.47. The summed E-state index contributed by atoms with van der Waals surface area (Å²) in [7, 11) is 0. The van der Waals surface area contributed by atoms with Gasteiger partial charge in [-0.3, -0.25) is 0 Å². The summed E-state index contributed by atoms with van der Waals surface area (Å²) in [5.74, 6) is 0.683. The third-order valence-electron chi connectivity index (χ3n) is 2.91. The van der Waals surface area contributed by atoms with Crippen molar-refractivity contribution in [3.63, 3.8) is 0 Å². The number of hydrogen-bond donors (Lipinski definition) is 3. The number of rotatable bonds is 4. The van der Waals surface area contributed by atoms with Gasteiger partial charge in [0, 0.05) is 23.1 Å². The summed E-state index contributed by atoms with van der Waals surface area (Å²) in [6, 6.07) is 19.4. The van der Waals surface area contributed by atoms with E-state index in [9.17, 15) is 0 Å². The van der Waals surface area contributed by atoms with Gasteiger partial charge in [0.1, 0.15) is 11.0 Å². The lowest BCUT2D eigenvalue weighted by Crippen LogP contribution is -2.00. The topological polar surface area (TPSA) is 75.9 Å². The number of benzene rings is 2. The van der Waals surface area contributed by atoms with E-state index in [4.69, 9.17) is 17.3 Å². The van der Waals surface area contributed by atoms with E-state index in [2.05, 4.69) is 20.6 Å². The first-order valence-electron chi connectivity index (χ1n) is 6.68. The molecule has 0 fully saturated rings. The SMILES string of the molecule is Nc1nc(Cl)cc(Nc2cccc(Nc3ccccc3)c2)n1. The molecular formula is C16H14ClN5. The minimum atomic E-state index is 0.133. The molecule has 0 atom stereocenters. The number of hydrogen-bond acceptors (Lipinski definition) is 5. The van der Waals surface area contributed by atoms with E-state index in [-0.39, 0.29) is 5.95 Å². The van der Waals surface area contributed by atoms with Crippen LogP contribution in [-0.4, -0.2) is 9.97 Å².